The monoisotopic (exact) mass is 316 g/mol. The maximum Gasteiger partial charge on any atom is 0.223 e. The lowest BCUT2D eigenvalue weighted by Crippen LogP contribution is -2.35. The van der Waals surface area contributed by atoms with Gasteiger partial charge in [-0.05, 0) is 30.6 Å². The second kappa shape index (κ2) is 6.84. The lowest BCUT2D eigenvalue weighted by atomic mass is 10.0. The van der Waals surface area contributed by atoms with E-state index in [-0.39, 0.29) is 0 Å². The summed E-state index contributed by atoms with van der Waals surface area (Å²) in [4.78, 5) is 9.29. The zero-order chi connectivity index (χ0) is 15.5. The molecule has 1 aromatic carbocycles. The summed E-state index contributed by atoms with van der Waals surface area (Å²) in [6.07, 6.45) is 6.38. The van der Waals surface area contributed by atoms with Crippen LogP contribution in [0.5, 0.6) is 0 Å². The van der Waals surface area contributed by atoms with Crippen LogP contribution in [-0.2, 0) is 0 Å². The zero-order valence-electron chi connectivity index (χ0n) is 13.5. The van der Waals surface area contributed by atoms with Crippen LogP contribution in [0.4, 0.5) is 5.95 Å². The Balaban J connectivity index is 1.79. The quantitative estimate of drug-likeness (QED) is 0.866. The van der Waals surface area contributed by atoms with Crippen molar-refractivity contribution in [2.45, 2.75) is 38.6 Å². The summed E-state index contributed by atoms with van der Waals surface area (Å²) in [5.41, 5.74) is 2.37. The van der Waals surface area contributed by atoms with Gasteiger partial charge in [0.15, 0.2) is 0 Å². The minimum absolute atomic E-state index is 0.469. The number of nitrogens with one attached hydrogen (secondary N) is 1. The van der Waals surface area contributed by atoms with Crippen molar-refractivity contribution >= 4 is 28.8 Å². The van der Waals surface area contributed by atoms with Crippen molar-refractivity contribution in [2.24, 2.45) is 0 Å². The van der Waals surface area contributed by atoms with Crippen molar-refractivity contribution in [1.29, 1.82) is 0 Å². The molecule has 0 aliphatic carbocycles. The third kappa shape index (κ3) is 3.36. The topological polar surface area (TPSA) is 41.0 Å². The van der Waals surface area contributed by atoms with Crippen LogP contribution in [0.25, 0.3) is 10.9 Å². The van der Waals surface area contributed by atoms with Gasteiger partial charge in [-0.15, -0.1) is 0 Å². The molecule has 1 aromatic heterocycles. The lowest BCUT2D eigenvalue weighted by Gasteiger charge is -2.30. The zero-order valence-corrected chi connectivity index (χ0v) is 14.4. The van der Waals surface area contributed by atoms with E-state index in [4.69, 9.17) is 4.98 Å². The number of benzene rings is 1. The third-order valence-corrected chi connectivity index (χ3v) is 5.19. The predicted octanol–water partition coefficient (Wildman–Crippen LogP) is 3.91. The van der Waals surface area contributed by atoms with E-state index in [1.807, 2.05) is 18.1 Å². The van der Waals surface area contributed by atoms with Crippen molar-refractivity contribution in [1.82, 2.24) is 14.3 Å². The van der Waals surface area contributed by atoms with Crippen molar-refractivity contribution in [3.63, 3.8) is 0 Å². The van der Waals surface area contributed by atoms with Gasteiger partial charge in [-0.2, -0.15) is 0 Å². The molecule has 0 radical (unpaired) electrons. The minimum Gasteiger partial charge on any atom is -0.351 e. The highest BCUT2D eigenvalue weighted by Crippen LogP contribution is 2.25. The summed E-state index contributed by atoms with van der Waals surface area (Å²) >= 11 is 1.84. The van der Waals surface area contributed by atoms with Gasteiger partial charge in [0.2, 0.25) is 5.95 Å². The van der Waals surface area contributed by atoms with E-state index in [1.54, 1.807) is 0 Å². The molecule has 0 unspecified atom stereocenters. The average Bonchev–Trinajstić information content (AvgIpc) is 2.55. The Kier molecular flexibility index (Phi) is 4.84. The fourth-order valence-corrected chi connectivity index (χ4v) is 3.56. The standard InChI is InChI=1S/C17H24N4S/c1-12(2)15-6-4-5-13-11-18-17(20-16(13)15)19-14-7-9-21(22-3)10-8-14/h4-6,11-12,14H,7-10H2,1-3H3,(H,18,19,20). The molecule has 1 saturated heterocycles. The Morgan fingerprint density at radius 1 is 1.27 bits per heavy atom. The van der Waals surface area contributed by atoms with Crippen molar-refractivity contribution in [3.05, 3.63) is 30.0 Å². The van der Waals surface area contributed by atoms with Crippen LogP contribution in [0.3, 0.4) is 0 Å². The van der Waals surface area contributed by atoms with Crippen LogP contribution in [0, 0.1) is 0 Å². The highest BCUT2D eigenvalue weighted by molar-refractivity contribution is 7.96. The van der Waals surface area contributed by atoms with Gasteiger partial charge < -0.3 is 5.32 Å². The number of hydrogen-bond acceptors (Lipinski definition) is 5. The molecule has 2 heterocycles. The number of anilines is 1. The van der Waals surface area contributed by atoms with E-state index in [0.717, 1.165) is 42.8 Å². The largest absolute Gasteiger partial charge is 0.351 e. The van der Waals surface area contributed by atoms with E-state index < -0.39 is 0 Å². The van der Waals surface area contributed by atoms with Gasteiger partial charge in [0.1, 0.15) is 0 Å². The Morgan fingerprint density at radius 2 is 2.05 bits per heavy atom. The second-order valence-electron chi connectivity index (χ2n) is 6.16. The van der Waals surface area contributed by atoms with E-state index in [0.29, 0.717) is 12.0 Å². The number of fused-ring (bicyclic) bond motifs is 1. The highest BCUT2D eigenvalue weighted by Gasteiger charge is 2.19. The Hall–Kier alpha value is -1.33. The Morgan fingerprint density at radius 3 is 2.73 bits per heavy atom. The van der Waals surface area contributed by atoms with E-state index >= 15 is 0 Å². The van der Waals surface area contributed by atoms with Crippen LogP contribution in [0.2, 0.25) is 0 Å². The van der Waals surface area contributed by atoms with Gasteiger partial charge in [-0.3, -0.25) is 4.31 Å². The van der Waals surface area contributed by atoms with Crippen LogP contribution in [-0.4, -0.2) is 39.7 Å². The van der Waals surface area contributed by atoms with Crippen molar-refractivity contribution in [2.75, 3.05) is 24.7 Å². The fourth-order valence-electron chi connectivity index (χ4n) is 2.98. The normalized spacial score (nSPS) is 17.3. The molecule has 1 aliphatic heterocycles. The molecular weight excluding hydrogens is 292 g/mol. The molecule has 4 nitrogen and oxygen atoms in total. The van der Waals surface area contributed by atoms with E-state index in [9.17, 15) is 0 Å². The summed E-state index contributed by atoms with van der Waals surface area (Å²) in [6.45, 7) is 6.68. The first kappa shape index (κ1) is 15.6. The first-order valence-corrected chi connectivity index (χ1v) is 9.17. The Bertz CT molecular complexity index is 636. The fraction of sp³-hybridized carbons (Fsp3) is 0.529. The summed E-state index contributed by atoms with van der Waals surface area (Å²) < 4.78 is 2.41. The molecule has 1 fully saturated rings. The van der Waals surface area contributed by atoms with E-state index in [2.05, 4.69) is 52.9 Å². The summed E-state index contributed by atoms with van der Waals surface area (Å²) in [5, 5.41) is 4.65. The van der Waals surface area contributed by atoms with Crippen molar-refractivity contribution < 1.29 is 0 Å². The minimum atomic E-state index is 0.469. The molecular formula is C17H24N4S. The van der Waals surface area contributed by atoms with Gasteiger partial charge in [-0.1, -0.05) is 44.0 Å². The van der Waals surface area contributed by atoms with Gasteiger partial charge in [0.05, 0.1) is 5.52 Å². The van der Waals surface area contributed by atoms with E-state index in [1.165, 1.54) is 5.56 Å². The van der Waals surface area contributed by atoms with Gasteiger partial charge in [0, 0.05) is 30.7 Å². The number of hydrogen-bond donors (Lipinski definition) is 1. The molecule has 0 spiro atoms. The molecule has 5 heteroatoms. The third-order valence-electron chi connectivity index (χ3n) is 4.31. The van der Waals surface area contributed by atoms with Gasteiger partial charge >= 0.3 is 0 Å². The number of rotatable bonds is 4. The van der Waals surface area contributed by atoms with Crippen LogP contribution >= 0.6 is 11.9 Å². The molecule has 0 atom stereocenters. The van der Waals surface area contributed by atoms with Crippen molar-refractivity contribution in [3.8, 4) is 0 Å². The number of aromatic nitrogens is 2. The van der Waals surface area contributed by atoms with Gasteiger partial charge in [0.25, 0.3) is 0 Å². The smallest absolute Gasteiger partial charge is 0.223 e. The first-order chi connectivity index (χ1) is 10.7. The predicted molar refractivity (Wildman–Crippen MR) is 95.4 cm³/mol. The molecule has 1 N–H and O–H groups in total. The molecule has 0 saturated carbocycles. The first-order valence-electron chi connectivity index (χ1n) is 7.98. The molecule has 0 amide bonds. The lowest BCUT2D eigenvalue weighted by molar-refractivity contribution is 0.358. The summed E-state index contributed by atoms with van der Waals surface area (Å²) in [5.74, 6) is 1.24. The van der Waals surface area contributed by atoms with Crippen LogP contribution in [0.1, 0.15) is 38.2 Å². The second-order valence-corrected chi connectivity index (χ2v) is 7.05. The summed E-state index contributed by atoms with van der Waals surface area (Å²) in [6, 6.07) is 6.82. The average molecular weight is 316 g/mol. The number of para-hydroxylation sites is 1. The molecule has 3 rings (SSSR count). The van der Waals surface area contributed by atoms with Crippen LogP contribution in [0.15, 0.2) is 24.4 Å². The maximum atomic E-state index is 4.79. The highest BCUT2D eigenvalue weighted by atomic mass is 32.2. The molecule has 22 heavy (non-hydrogen) atoms. The molecule has 1 aliphatic rings. The molecule has 0 bridgehead atoms. The molecule has 118 valence electrons. The summed E-state index contributed by atoms with van der Waals surface area (Å²) in [7, 11) is 0. The number of nitrogens with zero attached hydrogens (tertiary/aromatic N) is 3. The Labute approximate surface area is 136 Å². The van der Waals surface area contributed by atoms with Crippen LogP contribution < -0.4 is 5.32 Å². The van der Waals surface area contributed by atoms with Gasteiger partial charge in [-0.25, -0.2) is 9.97 Å². The molecule has 2 aromatic rings. The SMILES string of the molecule is CSN1CCC(Nc2ncc3cccc(C(C)C)c3n2)CC1. The number of piperidine rings is 1. The maximum absolute atomic E-state index is 4.79.